The van der Waals surface area contributed by atoms with Crippen LogP contribution in [0, 0.1) is 11.7 Å². The molecule has 10 heteroatoms. The van der Waals surface area contributed by atoms with Crippen molar-refractivity contribution < 1.29 is 18.7 Å². The third-order valence-corrected chi connectivity index (χ3v) is 13.9. The Bertz CT molecular complexity index is 1800. The largest absolute Gasteiger partial charge is 0.452 e. The normalized spacial score (nSPS) is 27.5. The molecule has 312 valence electrons. The Morgan fingerprint density at radius 1 is 0.810 bits per heavy atom. The van der Waals surface area contributed by atoms with Crippen molar-refractivity contribution in [1.82, 2.24) is 26.2 Å². The molecule has 1 spiro atoms. The van der Waals surface area contributed by atoms with Crippen molar-refractivity contribution in [2.45, 2.75) is 164 Å². The van der Waals surface area contributed by atoms with E-state index in [0.717, 1.165) is 94.1 Å². The molecule has 2 saturated heterocycles. The van der Waals surface area contributed by atoms with Crippen LogP contribution >= 0.6 is 0 Å². The molecule has 0 radical (unpaired) electrons. The Morgan fingerprint density at radius 3 is 2.19 bits per heavy atom. The second-order valence-corrected chi connectivity index (χ2v) is 17.9. The quantitative estimate of drug-likeness (QED) is 0.140. The van der Waals surface area contributed by atoms with Gasteiger partial charge in [0.2, 0.25) is 17.7 Å². The van der Waals surface area contributed by atoms with Gasteiger partial charge in [0, 0.05) is 23.6 Å². The van der Waals surface area contributed by atoms with E-state index < -0.39 is 11.9 Å². The molecule has 2 amide bonds. The van der Waals surface area contributed by atoms with Crippen LogP contribution < -0.4 is 31.3 Å². The lowest BCUT2D eigenvalue weighted by atomic mass is 9.79. The number of para-hydroxylation sites is 2. The molecule has 5 N–H and O–H groups in total. The van der Waals surface area contributed by atoms with E-state index in [1.54, 1.807) is 12.1 Å². The van der Waals surface area contributed by atoms with Gasteiger partial charge in [-0.1, -0.05) is 131 Å². The number of amides is 2. The molecular weight excluding hydrogens is 728 g/mol. The lowest BCUT2D eigenvalue weighted by Crippen LogP contribution is -2.66. The summed E-state index contributed by atoms with van der Waals surface area (Å²) in [6.07, 6.45) is 17.9. The number of nitrogens with one attached hydrogen (secondary N) is 5. The van der Waals surface area contributed by atoms with Crippen molar-refractivity contribution in [3.8, 4) is 5.75 Å². The minimum Gasteiger partial charge on any atom is -0.452 e. The first-order valence-electron chi connectivity index (χ1n) is 22.6. The average Bonchev–Trinajstić information content (AvgIpc) is 3.97. The third-order valence-electron chi connectivity index (χ3n) is 13.9. The first kappa shape index (κ1) is 40.8. The van der Waals surface area contributed by atoms with E-state index in [2.05, 4.69) is 38.7 Å². The van der Waals surface area contributed by atoms with Crippen LogP contribution in [0.4, 0.5) is 10.1 Å². The SMILES string of the molecule is C[C@H](NC(=O)[C@H](CC(=O)N1CCC[C@@H]1c1ccccc1)NC1(C2CCCCCCC2)Nc2ccccc2O1)C1NC(c2ccccc2F)C2(CCCCCCCC2)N1. The van der Waals surface area contributed by atoms with Crippen LogP contribution in [0.25, 0.3) is 0 Å². The summed E-state index contributed by atoms with van der Waals surface area (Å²) in [5.74, 6) is -0.729. The first-order valence-corrected chi connectivity index (χ1v) is 22.6. The van der Waals surface area contributed by atoms with Crippen molar-refractivity contribution in [3.05, 3.63) is 95.8 Å². The lowest BCUT2D eigenvalue weighted by Gasteiger charge is -2.41. The minimum atomic E-state index is -1.06. The number of benzene rings is 3. The van der Waals surface area contributed by atoms with Gasteiger partial charge in [0.05, 0.1) is 42.4 Å². The fourth-order valence-corrected chi connectivity index (χ4v) is 10.8. The molecule has 3 aliphatic heterocycles. The zero-order chi connectivity index (χ0) is 40.0. The van der Waals surface area contributed by atoms with Gasteiger partial charge in [0.15, 0.2) is 0 Å². The minimum absolute atomic E-state index is 0.00887. The van der Waals surface area contributed by atoms with Crippen LogP contribution in [-0.2, 0) is 9.59 Å². The molecule has 58 heavy (non-hydrogen) atoms. The maximum Gasteiger partial charge on any atom is 0.242 e. The van der Waals surface area contributed by atoms with Crippen molar-refractivity contribution in [2.24, 2.45) is 5.92 Å². The monoisotopic (exact) mass is 793 g/mol. The Hall–Kier alpha value is -3.99. The number of likely N-dealkylation sites (tertiary alicyclic amines) is 1. The number of anilines is 1. The molecule has 0 bridgehead atoms. The number of hydrogen-bond acceptors (Lipinski definition) is 7. The second-order valence-electron chi connectivity index (χ2n) is 17.9. The number of carbonyl (C=O) groups excluding carboxylic acids is 2. The molecule has 0 aromatic heterocycles. The highest BCUT2D eigenvalue weighted by Crippen LogP contribution is 2.44. The topological polar surface area (TPSA) is 107 Å². The number of hydrogen-bond donors (Lipinski definition) is 5. The summed E-state index contributed by atoms with van der Waals surface area (Å²) in [5, 5.41) is 18.6. The fourth-order valence-electron chi connectivity index (χ4n) is 10.8. The van der Waals surface area contributed by atoms with E-state index in [-0.39, 0.29) is 59.8 Å². The summed E-state index contributed by atoms with van der Waals surface area (Å²) in [6.45, 7) is 2.68. The zero-order valence-electron chi connectivity index (χ0n) is 34.5. The standard InChI is InChI=1S/C48H65FN6O3/c1-34(45-51-44(37-25-14-15-26-38(37)49)47(54-45)30-18-7-2-3-8-19-31-47)50-46(57)40(33-43(56)55-32-20-28-41(55)35-21-10-9-11-22-35)53-48(36-23-12-5-4-6-13-24-36)52-39-27-16-17-29-42(39)58-48/h9-11,14-17,21-22,25-27,29,34,36,40-41,44-45,51-54H,2-8,12-13,18-20,23-24,28,30-33H2,1H3,(H,50,57)/t34-,40-,41+,44?,45?,48?/m0/s1. The van der Waals surface area contributed by atoms with Crippen molar-refractivity contribution >= 4 is 17.5 Å². The zero-order valence-corrected chi connectivity index (χ0v) is 34.5. The van der Waals surface area contributed by atoms with Crippen LogP contribution in [0.1, 0.15) is 146 Å². The van der Waals surface area contributed by atoms with Gasteiger partial charge < -0.3 is 20.3 Å². The highest BCUT2D eigenvalue weighted by molar-refractivity contribution is 5.89. The molecule has 3 aromatic carbocycles. The van der Waals surface area contributed by atoms with Gasteiger partial charge in [-0.05, 0) is 69.2 Å². The summed E-state index contributed by atoms with van der Waals surface area (Å²) >= 11 is 0. The first-order chi connectivity index (χ1) is 28.3. The second kappa shape index (κ2) is 18.5. The maximum absolute atomic E-state index is 15.6. The smallest absolute Gasteiger partial charge is 0.242 e. The van der Waals surface area contributed by atoms with Crippen LogP contribution in [0.3, 0.4) is 0 Å². The van der Waals surface area contributed by atoms with E-state index in [4.69, 9.17) is 4.74 Å². The van der Waals surface area contributed by atoms with E-state index >= 15 is 4.39 Å². The average molecular weight is 793 g/mol. The number of fused-ring (bicyclic) bond motifs is 1. The van der Waals surface area contributed by atoms with Gasteiger partial charge in [-0.15, -0.1) is 0 Å². The van der Waals surface area contributed by atoms with E-state index in [0.29, 0.717) is 12.1 Å². The molecule has 2 saturated carbocycles. The van der Waals surface area contributed by atoms with Crippen LogP contribution in [0.5, 0.6) is 5.75 Å². The van der Waals surface area contributed by atoms with Crippen LogP contribution in [0.2, 0.25) is 0 Å². The molecule has 8 rings (SSSR count). The van der Waals surface area contributed by atoms with Crippen molar-refractivity contribution in [2.75, 3.05) is 11.9 Å². The number of carbonyl (C=O) groups is 2. The van der Waals surface area contributed by atoms with E-state index in [1.165, 1.54) is 32.1 Å². The molecule has 5 aliphatic rings. The lowest BCUT2D eigenvalue weighted by molar-refractivity contribution is -0.137. The fraction of sp³-hybridized carbons (Fsp3) is 0.583. The molecule has 3 aromatic rings. The molecule has 6 atom stereocenters. The van der Waals surface area contributed by atoms with Crippen molar-refractivity contribution in [1.29, 1.82) is 0 Å². The van der Waals surface area contributed by atoms with E-state index in [9.17, 15) is 9.59 Å². The Kier molecular flexibility index (Phi) is 13.0. The van der Waals surface area contributed by atoms with E-state index in [1.807, 2.05) is 66.4 Å². The Balaban J connectivity index is 1.08. The highest BCUT2D eigenvalue weighted by atomic mass is 19.1. The molecule has 3 unspecified atom stereocenters. The van der Waals surface area contributed by atoms with Gasteiger partial charge in [-0.25, -0.2) is 9.71 Å². The van der Waals surface area contributed by atoms with Crippen LogP contribution in [-0.4, -0.2) is 52.9 Å². The predicted molar refractivity (Wildman–Crippen MR) is 227 cm³/mol. The molecule has 4 fully saturated rings. The van der Waals surface area contributed by atoms with Gasteiger partial charge >= 0.3 is 0 Å². The molecule has 2 aliphatic carbocycles. The van der Waals surface area contributed by atoms with Crippen molar-refractivity contribution in [3.63, 3.8) is 0 Å². The molecule has 3 heterocycles. The number of nitrogens with zero attached hydrogens (tertiary/aromatic N) is 1. The van der Waals surface area contributed by atoms with Gasteiger partial charge in [0.1, 0.15) is 11.6 Å². The number of rotatable bonds is 10. The van der Waals surface area contributed by atoms with Gasteiger partial charge in [-0.3, -0.25) is 20.2 Å². The predicted octanol–water partition coefficient (Wildman–Crippen LogP) is 8.99. The van der Waals surface area contributed by atoms with Gasteiger partial charge in [-0.2, -0.15) is 0 Å². The Labute approximate surface area is 345 Å². The highest BCUT2D eigenvalue weighted by Gasteiger charge is 2.51. The van der Waals surface area contributed by atoms with Crippen LogP contribution in [0.15, 0.2) is 78.9 Å². The summed E-state index contributed by atoms with van der Waals surface area (Å²) in [4.78, 5) is 31.5. The Morgan fingerprint density at radius 2 is 1.47 bits per heavy atom. The number of ether oxygens (including phenoxy) is 1. The van der Waals surface area contributed by atoms with Gasteiger partial charge in [0.25, 0.3) is 0 Å². The summed E-state index contributed by atoms with van der Waals surface area (Å²) in [6, 6.07) is 23.8. The molecule has 9 nitrogen and oxygen atoms in total. The maximum atomic E-state index is 15.6. The summed E-state index contributed by atoms with van der Waals surface area (Å²) < 4.78 is 22.5. The third kappa shape index (κ3) is 8.94. The summed E-state index contributed by atoms with van der Waals surface area (Å²) in [5.41, 5.74) is 2.34. The molecular formula is C48H65FN6O3. The summed E-state index contributed by atoms with van der Waals surface area (Å²) in [7, 11) is 0. The number of halogens is 1.